The molecular weight excluding hydrogens is 496 g/mol. The molecule has 0 spiro atoms. The number of allylic oxidation sites excluding steroid dienone is 3. The predicted molar refractivity (Wildman–Crippen MR) is 154 cm³/mol. The Labute approximate surface area is 235 Å². The van der Waals surface area contributed by atoms with Gasteiger partial charge in [-0.1, -0.05) is 43.6 Å². The number of hydrogen-bond donors (Lipinski definition) is 0. The lowest BCUT2D eigenvalue weighted by Gasteiger charge is -2.32. The van der Waals surface area contributed by atoms with Gasteiger partial charge in [0, 0.05) is 11.5 Å². The Bertz CT molecular complexity index is 995. The molecule has 0 amide bonds. The zero-order valence-electron chi connectivity index (χ0n) is 25.6. The van der Waals surface area contributed by atoms with Crippen LogP contribution >= 0.6 is 0 Å². The van der Waals surface area contributed by atoms with Crippen LogP contribution in [0.15, 0.2) is 35.9 Å². The van der Waals surface area contributed by atoms with Crippen molar-refractivity contribution >= 4 is 12.3 Å². The Kier molecular flexibility index (Phi) is 11.6. The second-order valence-electron chi connectivity index (χ2n) is 12.8. The van der Waals surface area contributed by atoms with Crippen LogP contribution in [-0.4, -0.2) is 77.0 Å². The fraction of sp³-hybridized carbons (Fsp3) is 0.613. The molecule has 0 fully saturated rings. The van der Waals surface area contributed by atoms with Gasteiger partial charge in [0.05, 0.1) is 42.3 Å². The number of quaternary nitrogens is 2. The van der Waals surface area contributed by atoms with E-state index in [0.717, 1.165) is 49.7 Å². The number of benzene rings is 1. The second-order valence-corrected chi connectivity index (χ2v) is 12.8. The van der Waals surface area contributed by atoms with Crippen LogP contribution in [-0.2, 0) is 15.9 Å². The van der Waals surface area contributed by atoms with Gasteiger partial charge in [-0.2, -0.15) is 0 Å². The van der Waals surface area contributed by atoms with E-state index in [-0.39, 0.29) is 25.3 Å². The molecule has 1 aromatic rings. The topological polar surface area (TPSA) is 71.1 Å². The van der Waals surface area contributed by atoms with Gasteiger partial charge in [0.15, 0.2) is 0 Å². The highest BCUT2D eigenvalue weighted by molar-refractivity contribution is 5.69. The highest BCUT2D eigenvalue weighted by Gasteiger charge is 2.33. The average Bonchev–Trinajstić information content (AvgIpc) is 2.80. The van der Waals surface area contributed by atoms with E-state index in [0.29, 0.717) is 26.0 Å². The summed E-state index contributed by atoms with van der Waals surface area (Å²) in [7, 11) is 11.5. The van der Waals surface area contributed by atoms with E-state index in [1.807, 2.05) is 61.3 Å². The lowest BCUT2D eigenvalue weighted by Crippen LogP contribution is -2.38. The molecule has 1 aromatic carbocycles. The number of aryl methyl sites for hydroxylation is 1. The summed E-state index contributed by atoms with van der Waals surface area (Å²) in [6, 6.07) is 3.77. The molecule has 0 radical (unpaired) electrons. The van der Waals surface area contributed by atoms with Crippen molar-refractivity contribution in [2.45, 2.75) is 65.2 Å². The molecular formula is C31H50N2O6+2. The minimum absolute atomic E-state index is 0.0915. The van der Waals surface area contributed by atoms with Crippen molar-refractivity contribution in [1.82, 2.24) is 0 Å². The first-order valence-corrected chi connectivity index (χ1v) is 13.9. The molecule has 218 valence electrons. The fourth-order valence-electron chi connectivity index (χ4n) is 4.51. The standard InChI is InChI=1S/C31H50N2O6/c1-11-12-13-14-24-18-27(38-30(34)36-20-32(5,6)7)29(26-17-23(4)15-16-25(26)22(2)3)28(19-24)39-31(35)37-21-33(8,9)10/h17-19,25-26H,2,11-16,20-21H2,1,3-10H3/q+2/t25-,26+/m0/s1. The minimum atomic E-state index is -0.794. The zero-order valence-corrected chi connectivity index (χ0v) is 25.6. The van der Waals surface area contributed by atoms with Crippen LogP contribution in [0.4, 0.5) is 9.59 Å². The maximum Gasteiger partial charge on any atom is 0.518 e. The molecule has 0 bridgehead atoms. The summed E-state index contributed by atoms with van der Waals surface area (Å²) in [5.41, 5.74) is 3.79. The highest BCUT2D eigenvalue weighted by atomic mass is 16.7. The monoisotopic (exact) mass is 546 g/mol. The minimum Gasteiger partial charge on any atom is -0.394 e. The molecule has 0 aliphatic heterocycles. The molecule has 1 aliphatic carbocycles. The van der Waals surface area contributed by atoms with Gasteiger partial charge >= 0.3 is 12.3 Å². The van der Waals surface area contributed by atoms with E-state index in [9.17, 15) is 9.59 Å². The van der Waals surface area contributed by atoms with Crippen molar-refractivity contribution in [2.75, 3.05) is 55.7 Å². The van der Waals surface area contributed by atoms with Crippen LogP contribution in [0.2, 0.25) is 0 Å². The van der Waals surface area contributed by atoms with E-state index in [1.54, 1.807) is 0 Å². The van der Waals surface area contributed by atoms with E-state index in [1.165, 1.54) is 5.57 Å². The van der Waals surface area contributed by atoms with Gasteiger partial charge in [-0.15, -0.1) is 0 Å². The maximum atomic E-state index is 12.9. The van der Waals surface area contributed by atoms with Gasteiger partial charge in [-0.25, -0.2) is 9.59 Å². The third-order valence-electron chi connectivity index (χ3n) is 6.47. The van der Waals surface area contributed by atoms with Gasteiger partial charge in [-0.3, -0.25) is 8.97 Å². The van der Waals surface area contributed by atoms with E-state index in [4.69, 9.17) is 18.9 Å². The van der Waals surface area contributed by atoms with Gasteiger partial charge in [0.1, 0.15) is 11.5 Å². The Hall–Kier alpha value is -2.84. The third-order valence-corrected chi connectivity index (χ3v) is 6.47. The van der Waals surface area contributed by atoms with Crippen LogP contribution < -0.4 is 9.47 Å². The molecule has 0 N–H and O–H groups in total. The molecule has 0 saturated carbocycles. The zero-order chi connectivity index (χ0) is 29.4. The number of carbonyl (C=O) groups is 2. The summed E-state index contributed by atoms with van der Waals surface area (Å²) in [5, 5.41) is 0. The van der Waals surface area contributed by atoms with E-state index in [2.05, 4.69) is 26.5 Å². The number of hydrogen-bond acceptors (Lipinski definition) is 6. The number of nitrogens with zero attached hydrogens (tertiary/aromatic N) is 2. The SMILES string of the molecule is C=C(C)[C@@H]1CCC(C)=C[C@H]1c1c(OC(=O)OC[N+](C)(C)C)cc(CCCCC)cc1OC(=O)OC[N+](C)(C)C. The molecule has 8 heteroatoms. The molecule has 0 heterocycles. The predicted octanol–water partition coefficient (Wildman–Crippen LogP) is 6.79. The third kappa shape index (κ3) is 11.0. The van der Waals surface area contributed by atoms with Crippen LogP contribution in [0.3, 0.4) is 0 Å². The van der Waals surface area contributed by atoms with Crippen LogP contribution in [0.25, 0.3) is 0 Å². The quantitative estimate of drug-likeness (QED) is 0.0718. The Morgan fingerprint density at radius 1 is 0.923 bits per heavy atom. The van der Waals surface area contributed by atoms with Crippen molar-refractivity contribution in [2.24, 2.45) is 5.92 Å². The van der Waals surface area contributed by atoms with Crippen LogP contribution in [0.1, 0.15) is 69.9 Å². The number of unbranched alkanes of at least 4 members (excludes halogenated alkanes) is 2. The van der Waals surface area contributed by atoms with Crippen molar-refractivity contribution in [3.05, 3.63) is 47.1 Å². The lowest BCUT2D eigenvalue weighted by molar-refractivity contribution is -0.888. The molecule has 1 aliphatic rings. The van der Waals surface area contributed by atoms with Crippen molar-refractivity contribution in [3.63, 3.8) is 0 Å². The Morgan fingerprint density at radius 3 is 1.87 bits per heavy atom. The van der Waals surface area contributed by atoms with Gasteiger partial charge in [-0.05, 0) is 63.1 Å². The molecule has 2 rings (SSSR count). The smallest absolute Gasteiger partial charge is 0.394 e. The normalized spacial score (nSPS) is 17.7. The summed E-state index contributed by atoms with van der Waals surface area (Å²) < 4.78 is 23.5. The van der Waals surface area contributed by atoms with Crippen molar-refractivity contribution < 1.29 is 37.5 Å². The van der Waals surface area contributed by atoms with Gasteiger partial charge in [0.25, 0.3) is 0 Å². The Balaban J connectivity index is 2.62. The van der Waals surface area contributed by atoms with E-state index < -0.39 is 12.3 Å². The van der Waals surface area contributed by atoms with Crippen molar-refractivity contribution in [3.8, 4) is 11.5 Å². The number of ether oxygens (including phenoxy) is 4. The number of rotatable bonds is 12. The molecule has 0 aromatic heterocycles. The fourth-order valence-corrected chi connectivity index (χ4v) is 4.51. The molecule has 8 nitrogen and oxygen atoms in total. The molecule has 2 atom stereocenters. The molecule has 0 saturated heterocycles. The summed E-state index contributed by atoms with van der Waals surface area (Å²) in [6.45, 7) is 10.8. The maximum absolute atomic E-state index is 12.9. The molecule has 39 heavy (non-hydrogen) atoms. The van der Waals surface area contributed by atoms with E-state index >= 15 is 0 Å². The van der Waals surface area contributed by atoms with Crippen molar-refractivity contribution in [1.29, 1.82) is 0 Å². The van der Waals surface area contributed by atoms with Gasteiger partial charge < -0.3 is 18.9 Å². The summed E-state index contributed by atoms with van der Waals surface area (Å²) in [6.07, 6.45) is 6.29. The van der Waals surface area contributed by atoms with Crippen LogP contribution in [0.5, 0.6) is 11.5 Å². The summed E-state index contributed by atoms with van der Waals surface area (Å²) >= 11 is 0. The molecule has 0 unspecified atom stereocenters. The largest absolute Gasteiger partial charge is 0.518 e. The lowest BCUT2D eigenvalue weighted by atomic mass is 9.73. The first kappa shape index (κ1) is 32.4. The van der Waals surface area contributed by atoms with Crippen LogP contribution in [0, 0.1) is 5.92 Å². The average molecular weight is 547 g/mol. The highest BCUT2D eigenvalue weighted by Crippen LogP contribution is 2.47. The van der Waals surface area contributed by atoms with Gasteiger partial charge in [0.2, 0.25) is 13.5 Å². The first-order chi connectivity index (χ1) is 18.1. The second kappa shape index (κ2) is 14.0. The summed E-state index contributed by atoms with van der Waals surface area (Å²) in [4.78, 5) is 25.7. The summed E-state index contributed by atoms with van der Waals surface area (Å²) in [5.74, 6) is 0.580. The number of carbonyl (C=O) groups excluding carboxylic acids is 2. The Morgan fingerprint density at radius 2 is 1.44 bits per heavy atom. The first-order valence-electron chi connectivity index (χ1n) is 13.9.